The molecule has 0 aromatic heterocycles. The summed E-state index contributed by atoms with van der Waals surface area (Å²) >= 11 is 0. The van der Waals surface area contributed by atoms with E-state index in [1.807, 2.05) is 0 Å². The number of aryl methyl sites for hydroxylation is 1. The number of sulfone groups is 1. The summed E-state index contributed by atoms with van der Waals surface area (Å²) in [5.41, 5.74) is 0.962. The van der Waals surface area contributed by atoms with Crippen LogP contribution in [0.3, 0.4) is 0 Å². The van der Waals surface area contributed by atoms with Crippen LogP contribution in [-0.4, -0.2) is 37.5 Å². The van der Waals surface area contributed by atoms with Gasteiger partial charge in [0.2, 0.25) is 0 Å². The molecule has 0 spiro atoms. The lowest BCUT2D eigenvalue weighted by molar-refractivity contribution is -0.385. The van der Waals surface area contributed by atoms with Crippen molar-refractivity contribution in [2.24, 2.45) is 0 Å². The minimum Gasteiger partial charge on any atom is -0.335 e. The van der Waals surface area contributed by atoms with Crippen molar-refractivity contribution in [1.29, 1.82) is 0 Å². The molecular formula is C18H20N2O5S. The van der Waals surface area contributed by atoms with Crippen LogP contribution in [0.15, 0.2) is 47.4 Å². The molecule has 0 radical (unpaired) electrons. The smallest absolute Gasteiger partial charge is 0.285 e. The molecule has 2 aromatic rings. The fraction of sp³-hybridized carbons (Fsp3) is 0.278. The summed E-state index contributed by atoms with van der Waals surface area (Å²) in [4.78, 5) is 25.1. The summed E-state index contributed by atoms with van der Waals surface area (Å²) in [6.45, 7) is 3.36. The SMILES string of the molecule is Cc1cccc(C(=O)N(C)[C@H](C)c2ccc(S(C)(=O)=O)cc2)c1[N+](=O)[O-]. The molecule has 0 aliphatic heterocycles. The van der Waals surface area contributed by atoms with E-state index in [0.29, 0.717) is 5.56 Å². The monoisotopic (exact) mass is 376 g/mol. The predicted octanol–water partition coefficient (Wildman–Crippen LogP) is 3.14. The number of nitrogens with zero attached hydrogens (tertiary/aromatic N) is 2. The molecule has 0 bridgehead atoms. The highest BCUT2D eigenvalue weighted by molar-refractivity contribution is 7.90. The molecule has 0 saturated heterocycles. The van der Waals surface area contributed by atoms with Gasteiger partial charge in [0.1, 0.15) is 5.56 Å². The zero-order valence-corrected chi connectivity index (χ0v) is 15.8. The zero-order chi connectivity index (χ0) is 19.6. The third-order valence-electron chi connectivity index (χ3n) is 4.34. The molecule has 7 nitrogen and oxygen atoms in total. The zero-order valence-electron chi connectivity index (χ0n) is 15.0. The topological polar surface area (TPSA) is 97.6 Å². The number of amides is 1. The van der Waals surface area contributed by atoms with E-state index in [0.717, 1.165) is 11.8 Å². The van der Waals surface area contributed by atoms with Crippen LogP contribution in [-0.2, 0) is 9.84 Å². The number of carbonyl (C=O) groups is 1. The Morgan fingerprint density at radius 1 is 1.15 bits per heavy atom. The summed E-state index contributed by atoms with van der Waals surface area (Å²) in [7, 11) is -1.74. The van der Waals surface area contributed by atoms with E-state index in [9.17, 15) is 23.3 Å². The Kier molecular flexibility index (Phi) is 5.46. The molecule has 0 aliphatic rings. The third kappa shape index (κ3) is 3.91. The second kappa shape index (κ2) is 7.25. The molecule has 0 fully saturated rings. The normalized spacial score (nSPS) is 12.5. The first-order valence-electron chi connectivity index (χ1n) is 7.85. The van der Waals surface area contributed by atoms with Crippen molar-refractivity contribution in [2.75, 3.05) is 13.3 Å². The van der Waals surface area contributed by atoms with Crippen molar-refractivity contribution in [3.8, 4) is 0 Å². The molecule has 1 amide bonds. The molecule has 2 rings (SSSR count). The second-order valence-corrected chi connectivity index (χ2v) is 8.18. The molecule has 138 valence electrons. The van der Waals surface area contributed by atoms with Crippen LogP contribution in [0.5, 0.6) is 0 Å². The Hall–Kier alpha value is -2.74. The summed E-state index contributed by atoms with van der Waals surface area (Å²) in [5.74, 6) is -0.472. The lowest BCUT2D eigenvalue weighted by atomic mass is 10.0. The Morgan fingerprint density at radius 3 is 2.23 bits per heavy atom. The average Bonchev–Trinajstić information content (AvgIpc) is 2.58. The van der Waals surface area contributed by atoms with E-state index in [2.05, 4.69) is 0 Å². The highest BCUT2D eigenvalue weighted by atomic mass is 32.2. The van der Waals surface area contributed by atoms with Crippen LogP contribution >= 0.6 is 0 Å². The molecule has 0 N–H and O–H groups in total. The van der Waals surface area contributed by atoms with Crippen molar-refractivity contribution in [2.45, 2.75) is 24.8 Å². The van der Waals surface area contributed by atoms with Gasteiger partial charge < -0.3 is 4.90 Å². The molecule has 8 heteroatoms. The van der Waals surface area contributed by atoms with Crippen LogP contribution in [0.2, 0.25) is 0 Å². The fourth-order valence-electron chi connectivity index (χ4n) is 2.66. The van der Waals surface area contributed by atoms with E-state index in [1.165, 1.54) is 23.1 Å². The summed E-state index contributed by atoms with van der Waals surface area (Å²) in [6, 6.07) is 10.5. The van der Waals surface area contributed by atoms with Crippen molar-refractivity contribution in [1.82, 2.24) is 4.90 Å². The molecule has 0 unspecified atom stereocenters. The number of nitro groups is 1. The number of benzene rings is 2. The lowest BCUT2D eigenvalue weighted by Gasteiger charge is -2.25. The van der Waals surface area contributed by atoms with Gasteiger partial charge in [0.15, 0.2) is 9.84 Å². The maximum atomic E-state index is 12.8. The van der Waals surface area contributed by atoms with E-state index in [1.54, 1.807) is 45.2 Å². The van der Waals surface area contributed by atoms with Gasteiger partial charge in [0.25, 0.3) is 11.6 Å². The van der Waals surface area contributed by atoms with Crippen molar-refractivity contribution < 1.29 is 18.1 Å². The minimum atomic E-state index is -3.30. The van der Waals surface area contributed by atoms with Gasteiger partial charge in [0.05, 0.1) is 15.9 Å². The van der Waals surface area contributed by atoms with Crippen LogP contribution in [0, 0.1) is 17.0 Å². The van der Waals surface area contributed by atoms with Crippen molar-refractivity contribution in [3.63, 3.8) is 0 Å². The van der Waals surface area contributed by atoms with E-state index >= 15 is 0 Å². The molecule has 0 heterocycles. The third-order valence-corrected chi connectivity index (χ3v) is 5.47. The highest BCUT2D eigenvalue weighted by Crippen LogP contribution is 2.28. The molecule has 26 heavy (non-hydrogen) atoms. The standard InChI is InChI=1S/C18H20N2O5S/c1-12-6-5-7-16(17(12)20(22)23)18(21)19(3)13(2)14-8-10-15(11-9-14)26(4,24)25/h5-11,13H,1-4H3/t13-/m1/s1. The van der Waals surface area contributed by atoms with Gasteiger partial charge in [-0.2, -0.15) is 0 Å². The predicted molar refractivity (Wildman–Crippen MR) is 97.9 cm³/mol. The largest absolute Gasteiger partial charge is 0.335 e. The van der Waals surface area contributed by atoms with Crippen molar-refractivity contribution in [3.05, 3.63) is 69.3 Å². The van der Waals surface area contributed by atoms with E-state index in [-0.39, 0.29) is 16.1 Å². The van der Waals surface area contributed by atoms with Gasteiger partial charge in [-0.15, -0.1) is 0 Å². The van der Waals surface area contributed by atoms with Gasteiger partial charge >= 0.3 is 0 Å². The van der Waals surface area contributed by atoms with Gasteiger partial charge in [-0.05, 0) is 37.6 Å². The van der Waals surface area contributed by atoms with E-state index in [4.69, 9.17) is 0 Å². The molecule has 0 saturated carbocycles. The first-order valence-corrected chi connectivity index (χ1v) is 9.74. The van der Waals surface area contributed by atoms with Gasteiger partial charge in [-0.25, -0.2) is 8.42 Å². The summed E-state index contributed by atoms with van der Waals surface area (Å²) < 4.78 is 23.1. The van der Waals surface area contributed by atoms with Gasteiger partial charge in [-0.3, -0.25) is 14.9 Å². The Labute approximate surface area is 152 Å². The number of rotatable bonds is 5. The molecule has 2 aromatic carbocycles. The maximum absolute atomic E-state index is 12.8. The summed E-state index contributed by atoms with van der Waals surface area (Å²) in [5, 5.41) is 11.3. The first-order chi connectivity index (χ1) is 12.0. The Morgan fingerprint density at radius 2 is 1.73 bits per heavy atom. The maximum Gasteiger partial charge on any atom is 0.285 e. The van der Waals surface area contributed by atoms with Crippen molar-refractivity contribution >= 4 is 21.4 Å². The number of hydrogen-bond donors (Lipinski definition) is 0. The second-order valence-electron chi connectivity index (χ2n) is 6.16. The quantitative estimate of drug-likeness (QED) is 0.590. The van der Waals surface area contributed by atoms with Crippen LogP contribution in [0.1, 0.15) is 34.5 Å². The molecule has 1 atom stereocenters. The number of carbonyl (C=O) groups excluding carboxylic acids is 1. The van der Waals surface area contributed by atoms with Gasteiger partial charge in [0, 0.05) is 18.9 Å². The van der Waals surface area contributed by atoms with Crippen LogP contribution < -0.4 is 0 Å². The average molecular weight is 376 g/mol. The fourth-order valence-corrected chi connectivity index (χ4v) is 3.29. The molecule has 0 aliphatic carbocycles. The highest BCUT2D eigenvalue weighted by Gasteiger charge is 2.27. The minimum absolute atomic E-state index is 0.0251. The Bertz CT molecular complexity index is 952. The van der Waals surface area contributed by atoms with E-state index < -0.39 is 26.7 Å². The van der Waals surface area contributed by atoms with Crippen LogP contribution in [0.25, 0.3) is 0 Å². The Balaban J connectivity index is 2.34. The number of hydrogen-bond acceptors (Lipinski definition) is 5. The number of nitro benzene ring substituents is 1. The lowest BCUT2D eigenvalue weighted by Crippen LogP contribution is -2.30. The van der Waals surface area contributed by atoms with Crippen LogP contribution in [0.4, 0.5) is 5.69 Å². The first kappa shape index (κ1) is 19.6. The summed E-state index contributed by atoms with van der Waals surface area (Å²) in [6.07, 6.45) is 1.12. The number of para-hydroxylation sites is 1. The van der Waals surface area contributed by atoms with Gasteiger partial charge in [-0.1, -0.05) is 24.3 Å². The molecular weight excluding hydrogens is 356 g/mol.